The molecule has 4 nitrogen and oxygen atoms in total. The molecule has 16 heavy (non-hydrogen) atoms. The Morgan fingerprint density at radius 1 is 1.50 bits per heavy atom. The van der Waals surface area contributed by atoms with Crippen LogP contribution in [0.25, 0.3) is 0 Å². The molecule has 1 aliphatic heterocycles. The van der Waals surface area contributed by atoms with Gasteiger partial charge in [-0.1, -0.05) is 11.6 Å². The predicted octanol–water partition coefficient (Wildman–Crippen LogP) is 1.74. The number of likely N-dealkylation sites (tertiary alicyclic amines) is 1. The summed E-state index contributed by atoms with van der Waals surface area (Å²) in [5.41, 5.74) is 6.71. The van der Waals surface area contributed by atoms with E-state index in [1.807, 2.05) is 0 Å². The van der Waals surface area contributed by atoms with Crippen molar-refractivity contribution in [1.82, 2.24) is 14.9 Å². The van der Waals surface area contributed by atoms with Crippen molar-refractivity contribution in [3.63, 3.8) is 0 Å². The van der Waals surface area contributed by atoms with Gasteiger partial charge in [0, 0.05) is 37.4 Å². The summed E-state index contributed by atoms with van der Waals surface area (Å²) in [6.45, 7) is 2.64. The molecule has 1 aromatic heterocycles. The molecule has 90 valence electrons. The molecule has 1 saturated heterocycles. The topological polar surface area (TPSA) is 55.0 Å². The normalized spacial score (nSPS) is 20.8. The average molecular weight is 284 g/mol. The lowest BCUT2D eigenvalue weighted by Gasteiger charge is -2.15. The van der Waals surface area contributed by atoms with Crippen LogP contribution in [0, 0.1) is 0 Å². The first kappa shape index (κ1) is 13.9. The van der Waals surface area contributed by atoms with Crippen LogP contribution in [0.4, 0.5) is 0 Å². The average Bonchev–Trinajstić information content (AvgIpc) is 2.56. The Balaban J connectivity index is 0.00000128. The van der Waals surface area contributed by atoms with Gasteiger partial charge in [-0.15, -0.1) is 12.4 Å². The molecule has 1 aliphatic rings. The Morgan fingerprint density at radius 3 is 2.81 bits per heavy atom. The maximum absolute atomic E-state index is 5.95. The summed E-state index contributed by atoms with van der Waals surface area (Å²) in [5.74, 6) is 0. The van der Waals surface area contributed by atoms with Crippen molar-refractivity contribution < 1.29 is 0 Å². The molecule has 1 fully saturated rings. The Bertz CT molecular complexity index is 361. The minimum Gasteiger partial charge on any atom is -0.326 e. The summed E-state index contributed by atoms with van der Waals surface area (Å²) >= 11 is 11.6. The zero-order valence-electron chi connectivity index (χ0n) is 8.57. The van der Waals surface area contributed by atoms with Crippen molar-refractivity contribution in [3.05, 3.63) is 22.2 Å². The van der Waals surface area contributed by atoms with Gasteiger partial charge >= 0.3 is 0 Å². The number of hydrogen-bond donors (Lipinski definition) is 1. The third-order valence-corrected chi connectivity index (χ3v) is 2.99. The van der Waals surface area contributed by atoms with E-state index < -0.39 is 0 Å². The monoisotopic (exact) mass is 282 g/mol. The largest absolute Gasteiger partial charge is 0.326 e. The van der Waals surface area contributed by atoms with E-state index in [-0.39, 0.29) is 23.7 Å². The Kier molecular flexibility index (Phi) is 5.21. The van der Waals surface area contributed by atoms with Crippen LogP contribution < -0.4 is 5.73 Å². The maximum atomic E-state index is 5.95. The van der Waals surface area contributed by atoms with Gasteiger partial charge in [-0.05, 0) is 18.0 Å². The lowest BCUT2D eigenvalue weighted by molar-refractivity contribution is 0.326. The predicted molar refractivity (Wildman–Crippen MR) is 67.2 cm³/mol. The van der Waals surface area contributed by atoms with E-state index in [4.69, 9.17) is 28.9 Å². The third kappa shape index (κ3) is 3.43. The maximum Gasteiger partial charge on any atom is 0.223 e. The second kappa shape index (κ2) is 5.98. The van der Waals surface area contributed by atoms with Gasteiger partial charge < -0.3 is 5.73 Å². The highest BCUT2D eigenvalue weighted by Crippen LogP contribution is 2.18. The standard InChI is InChI=1S/C9H12Cl2N4.ClH/c10-8-6(3-13-9(11)14-8)4-15-2-1-7(12)5-15;/h3,7H,1-2,4-5,12H2;1H. The van der Waals surface area contributed by atoms with Gasteiger partial charge in [-0.25, -0.2) is 9.97 Å². The molecule has 1 aromatic rings. The highest BCUT2D eigenvalue weighted by Gasteiger charge is 2.20. The van der Waals surface area contributed by atoms with E-state index in [2.05, 4.69) is 14.9 Å². The number of halogens is 3. The van der Waals surface area contributed by atoms with Crippen LogP contribution in [-0.4, -0.2) is 34.0 Å². The van der Waals surface area contributed by atoms with Crippen LogP contribution in [0.2, 0.25) is 10.4 Å². The van der Waals surface area contributed by atoms with Gasteiger partial charge in [-0.2, -0.15) is 0 Å². The van der Waals surface area contributed by atoms with Crippen molar-refractivity contribution in [1.29, 1.82) is 0 Å². The van der Waals surface area contributed by atoms with Crippen molar-refractivity contribution in [2.45, 2.75) is 19.0 Å². The van der Waals surface area contributed by atoms with Crippen LogP contribution >= 0.6 is 35.6 Å². The fourth-order valence-electron chi connectivity index (χ4n) is 1.72. The lowest BCUT2D eigenvalue weighted by Crippen LogP contribution is -2.26. The van der Waals surface area contributed by atoms with Crippen LogP contribution in [0.15, 0.2) is 6.20 Å². The van der Waals surface area contributed by atoms with E-state index in [0.717, 1.165) is 31.6 Å². The minimum atomic E-state index is 0. The molecular formula is C9H13Cl3N4. The van der Waals surface area contributed by atoms with Crippen molar-refractivity contribution in [3.8, 4) is 0 Å². The van der Waals surface area contributed by atoms with E-state index in [1.165, 1.54) is 0 Å². The second-order valence-corrected chi connectivity index (χ2v) is 4.44. The minimum absolute atomic E-state index is 0. The molecule has 2 heterocycles. The summed E-state index contributed by atoms with van der Waals surface area (Å²) in [4.78, 5) is 10.0. The van der Waals surface area contributed by atoms with Crippen LogP contribution in [-0.2, 0) is 6.54 Å². The molecule has 1 atom stereocenters. The lowest BCUT2D eigenvalue weighted by atomic mass is 10.3. The molecule has 0 bridgehead atoms. The molecule has 0 amide bonds. The van der Waals surface area contributed by atoms with E-state index in [0.29, 0.717) is 5.15 Å². The van der Waals surface area contributed by atoms with Crippen molar-refractivity contribution >= 4 is 35.6 Å². The summed E-state index contributed by atoms with van der Waals surface area (Å²) < 4.78 is 0. The summed E-state index contributed by atoms with van der Waals surface area (Å²) in [6, 6.07) is 0.275. The van der Waals surface area contributed by atoms with E-state index in [1.54, 1.807) is 6.20 Å². The molecule has 0 spiro atoms. The van der Waals surface area contributed by atoms with Gasteiger partial charge in [0.25, 0.3) is 0 Å². The fraction of sp³-hybridized carbons (Fsp3) is 0.556. The fourth-order valence-corrected chi connectivity index (χ4v) is 2.08. The number of aromatic nitrogens is 2. The molecule has 0 aliphatic carbocycles. The molecule has 2 rings (SSSR count). The summed E-state index contributed by atoms with van der Waals surface area (Å²) in [5, 5.41) is 0.609. The molecule has 0 radical (unpaired) electrons. The quantitative estimate of drug-likeness (QED) is 0.663. The molecule has 7 heteroatoms. The highest BCUT2D eigenvalue weighted by atomic mass is 35.5. The Hall–Kier alpha value is -0.130. The number of rotatable bonds is 2. The van der Waals surface area contributed by atoms with Gasteiger partial charge in [0.1, 0.15) is 5.15 Å². The number of nitrogens with two attached hydrogens (primary N) is 1. The van der Waals surface area contributed by atoms with Gasteiger partial charge in [0.05, 0.1) is 0 Å². The zero-order chi connectivity index (χ0) is 10.8. The first-order chi connectivity index (χ1) is 7.15. The molecule has 0 saturated carbocycles. The highest BCUT2D eigenvalue weighted by molar-refractivity contribution is 6.32. The smallest absolute Gasteiger partial charge is 0.223 e. The third-order valence-electron chi connectivity index (χ3n) is 2.49. The molecule has 2 N–H and O–H groups in total. The Labute approximate surface area is 111 Å². The summed E-state index contributed by atoms with van der Waals surface area (Å²) in [7, 11) is 0. The van der Waals surface area contributed by atoms with Gasteiger partial charge in [-0.3, -0.25) is 4.90 Å². The van der Waals surface area contributed by atoms with Gasteiger partial charge in [0.2, 0.25) is 5.28 Å². The van der Waals surface area contributed by atoms with Crippen LogP contribution in [0.1, 0.15) is 12.0 Å². The molecular weight excluding hydrogens is 270 g/mol. The van der Waals surface area contributed by atoms with Crippen molar-refractivity contribution in [2.24, 2.45) is 5.73 Å². The SMILES string of the molecule is Cl.NC1CCN(Cc2cnc(Cl)nc2Cl)C1. The zero-order valence-corrected chi connectivity index (χ0v) is 10.9. The Morgan fingerprint density at radius 2 is 2.25 bits per heavy atom. The van der Waals surface area contributed by atoms with Crippen LogP contribution in [0.5, 0.6) is 0 Å². The van der Waals surface area contributed by atoms with E-state index in [9.17, 15) is 0 Å². The molecule has 1 unspecified atom stereocenters. The number of nitrogens with zero attached hydrogens (tertiary/aromatic N) is 3. The first-order valence-electron chi connectivity index (χ1n) is 4.80. The van der Waals surface area contributed by atoms with Crippen LogP contribution in [0.3, 0.4) is 0 Å². The summed E-state index contributed by atoms with van der Waals surface area (Å²) in [6.07, 6.45) is 2.70. The number of hydrogen-bond acceptors (Lipinski definition) is 4. The van der Waals surface area contributed by atoms with Crippen molar-refractivity contribution in [2.75, 3.05) is 13.1 Å². The molecule has 0 aromatic carbocycles. The first-order valence-corrected chi connectivity index (χ1v) is 5.55. The van der Waals surface area contributed by atoms with Gasteiger partial charge in [0.15, 0.2) is 0 Å². The second-order valence-electron chi connectivity index (χ2n) is 3.74. The van der Waals surface area contributed by atoms with E-state index >= 15 is 0 Å².